The number of fused-ring (bicyclic) bond motifs is 3. The van der Waals surface area contributed by atoms with Gasteiger partial charge in [0.1, 0.15) is 5.76 Å². The summed E-state index contributed by atoms with van der Waals surface area (Å²) >= 11 is 1.24. The zero-order valence-electron chi connectivity index (χ0n) is 16.6. The van der Waals surface area contributed by atoms with E-state index in [0.29, 0.717) is 40.7 Å². The molecule has 4 aromatic rings. The van der Waals surface area contributed by atoms with Crippen molar-refractivity contribution in [1.82, 2.24) is 24.1 Å². The van der Waals surface area contributed by atoms with Crippen molar-refractivity contribution in [3.8, 4) is 12.3 Å². The number of furan rings is 1. The molecular weight excluding hydrogens is 414 g/mol. The first-order valence-corrected chi connectivity index (χ1v) is 10.5. The predicted octanol–water partition coefficient (Wildman–Crippen LogP) is 2.58. The summed E-state index contributed by atoms with van der Waals surface area (Å²) in [4.78, 5) is 27.2. The molecule has 4 rings (SSSR count). The third-order valence-electron chi connectivity index (χ3n) is 4.68. The molecule has 0 N–H and O–H groups in total. The number of rotatable bonds is 8. The first kappa shape index (κ1) is 20.5. The molecule has 0 aliphatic rings. The molecule has 0 atom stereocenters. The minimum atomic E-state index is -0.165. The van der Waals surface area contributed by atoms with Crippen molar-refractivity contribution in [2.45, 2.75) is 18.2 Å². The van der Waals surface area contributed by atoms with Gasteiger partial charge in [0.2, 0.25) is 11.7 Å². The summed E-state index contributed by atoms with van der Waals surface area (Å²) in [7, 11) is 0. The van der Waals surface area contributed by atoms with Crippen molar-refractivity contribution in [3.05, 3.63) is 71.4 Å². The largest absolute Gasteiger partial charge is 0.467 e. The third-order valence-corrected chi connectivity index (χ3v) is 5.59. The van der Waals surface area contributed by atoms with Gasteiger partial charge in [-0.1, -0.05) is 35.9 Å². The summed E-state index contributed by atoms with van der Waals surface area (Å²) in [6.07, 6.45) is 8.62. The second kappa shape index (κ2) is 8.93. The smallest absolute Gasteiger partial charge is 0.263 e. The number of hydrogen-bond donors (Lipinski definition) is 0. The number of nitrogens with zero attached hydrogens (tertiary/aromatic N) is 5. The van der Waals surface area contributed by atoms with E-state index in [4.69, 9.17) is 10.8 Å². The van der Waals surface area contributed by atoms with E-state index in [9.17, 15) is 9.59 Å². The topological polar surface area (TPSA) is 85.6 Å². The second-order valence-electron chi connectivity index (χ2n) is 6.66. The molecule has 0 aliphatic carbocycles. The van der Waals surface area contributed by atoms with E-state index in [1.54, 1.807) is 45.9 Å². The number of carbonyl (C=O) groups is 1. The first-order chi connectivity index (χ1) is 15.1. The van der Waals surface area contributed by atoms with Gasteiger partial charge in [0, 0.05) is 6.54 Å². The molecule has 0 bridgehead atoms. The van der Waals surface area contributed by atoms with Crippen molar-refractivity contribution in [1.29, 1.82) is 0 Å². The average molecular weight is 433 g/mol. The van der Waals surface area contributed by atoms with E-state index in [1.165, 1.54) is 16.3 Å². The van der Waals surface area contributed by atoms with Crippen molar-refractivity contribution in [3.63, 3.8) is 0 Å². The maximum absolute atomic E-state index is 12.9. The Morgan fingerprint density at radius 2 is 2.13 bits per heavy atom. The molecule has 0 aliphatic heterocycles. The van der Waals surface area contributed by atoms with Gasteiger partial charge in [-0.05, 0) is 24.3 Å². The Bertz CT molecular complexity index is 1350. The number of aromatic nitrogens is 4. The van der Waals surface area contributed by atoms with E-state index < -0.39 is 0 Å². The Morgan fingerprint density at radius 3 is 2.87 bits per heavy atom. The maximum atomic E-state index is 12.9. The molecular formula is C22H19N5O3S. The van der Waals surface area contributed by atoms with Crippen LogP contribution in [0, 0.1) is 12.3 Å². The molecule has 1 amide bonds. The first-order valence-electron chi connectivity index (χ1n) is 9.48. The van der Waals surface area contributed by atoms with Crippen LogP contribution in [0.2, 0.25) is 0 Å². The Kier molecular flexibility index (Phi) is 5.91. The number of hydrogen-bond acceptors (Lipinski definition) is 6. The van der Waals surface area contributed by atoms with Gasteiger partial charge in [-0.15, -0.1) is 23.2 Å². The van der Waals surface area contributed by atoms with Gasteiger partial charge in [-0.3, -0.25) is 18.6 Å². The van der Waals surface area contributed by atoms with Crippen LogP contribution in [-0.2, 0) is 17.9 Å². The van der Waals surface area contributed by atoms with Crippen LogP contribution >= 0.6 is 11.8 Å². The summed E-state index contributed by atoms with van der Waals surface area (Å²) in [6.45, 7) is 4.48. The zero-order chi connectivity index (χ0) is 21.8. The van der Waals surface area contributed by atoms with Crippen LogP contribution in [0.1, 0.15) is 5.76 Å². The SMILES string of the molecule is C#CCN(Cc1ccco1)C(=O)CSc1nnc2n(CC=C)c(=O)c3ccccc3n12. The van der Waals surface area contributed by atoms with E-state index >= 15 is 0 Å². The monoisotopic (exact) mass is 433 g/mol. The Morgan fingerprint density at radius 1 is 1.29 bits per heavy atom. The molecule has 9 heteroatoms. The minimum Gasteiger partial charge on any atom is -0.467 e. The highest BCUT2D eigenvalue weighted by atomic mass is 32.2. The second-order valence-corrected chi connectivity index (χ2v) is 7.60. The minimum absolute atomic E-state index is 0.109. The standard InChI is InChI=1S/C22H19N5O3S/c1-3-11-25(14-16-8-7-13-30-16)19(28)15-31-22-24-23-21-26(12-4-2)20(29)17-9-5-6-10-18(17)27(21)22/h1,4-10,13H,2,11-12,14-15H2. The van der Waals surface area contributed by atoms with Gasteiger partial charge in [-0.2, -0.15) is 0 Å². The van der Waals surface area contributed by atoms with Crippen LogP contribution in [0.5, 0.6) is 0 Å². The maximum Gasteiger partial charge on any atom is 0.263 e. The zero-order valence-corrected chi connectivity index (χ0v) is 17.4. The van der Waals surface area contributed by atoms with Crippen molar-refractivity contribution in [2.24, 2.45) is 0 Å². The van der Waals surface area contributed by atoms with Crippen LogP contribution in [0.3, 0.4) is 0 Å². The van der Waals surface area contributed by atoms with E-state index in [0.717, 1.165) is 0 Å². The Hall–Kier alpha value is -3.77. The molecule has 1 aromatic carbocycles. The molecule has 3 heterocycles. The fourth-order valence-electron chi connectivity index (χ4n) is 3.27. The lowest BCUT2D eigenvalue weighted by Gasteiger charge is -2.18. The molecule has 0 spiro atoms. The number of carbonyl (C=O) groups excluding carboxylic acids is 1. The molecule has 31 heavy (non-hydrogen) atoms. The average Bonchev–Trinajstić information content (AvgIpc) is 3.44. The highest BCUT2D eigenvalue weighted by Crippen LogP contribution is 2.22. The quantitative estimate of drug-likeness (QED) is 0.241. The number of amides is 1. The highest BCUT2D eigenvalue weighted by molar-refractivity contribution is 7.99. The molecule has 0 saturated carbocycles. The number of benzene rings is 1. The third kappa shape index (κ3) is 3.98. The number of terminal acetylenes is 1. The summed E-state index contributed by atoms with van der Waals surface area (Å²) < 4.78 is 8.63. The van der Waals surface area contributed by atoms with Gasteiger partial charge in [0.05, 0.1) is 36.0 Å². The normalized spacial score (nSPS) is 10.9. The summed E-state index contributed by atoms with van der Waals surface area (Å²) in [5.41, 5.74) is 0.514. The Balaban J connectivity index is 1.66. The van der Waals surface area contributed by atoms with Gasteiger partial charge < -0.3 is 9.32 Å². The molecule has 3 aromatic heterocycles. The van der Waals surface area contributed by atoms with E-state index in [2.05, 4.69) is 22.7 Å². The highest BCUT2D eigenvalue weighted by Gasteiger charge is 2.19. The molecule has 0 fully saturated rings. The molecule has 0 radical (unpaired) electrons. The van der Waals surface area contributed by atoms with Crippen LogP contribution in [0.15, 0.2) is 69.7 Å². The molecule has 0 saturated heterocycles. The lowest BCUT2D eigenvalue weighted by molar-refractivity contribution is -0.128. The summed E-state index contributed by atoms with van der Waals surface area (Å²) in [6, 6.07) is 10.8. The van der Waals surface area contributed by atoms with Crippen LogP contribution < -0.4 is 5.56 Å². The van der Waals surface area contributed by atoms with Gasteiger partial charge in [-0.25, -0.2) is 0 Å². The van der Waals surface area contributed by atoms with E-state index in [-0.39, 0.29) is 23.8 Å². The molecule has 156 valence electrons. The predicted molar refractivity (Wildman–Crippen MR) is 119 cm³/mol. The van der Waals surface area contributed by atoms with Gasteiger partial charge in [0.15, 0.2) is 5.16 Å². The van der Waals surface area contributed by atoms with Crippen LogP contribution in [0.25, 0.3) is 16.7 Å². The summed E-state index contributed by atoms with van der Waals surface area (Å²) in [5, 5.41) is 9.49. The van der Waals surface area contributed by atoms with E-state index in [1.807, 2.05) is 12.1 Å². The Labute approximate surface area is 182 Å². The fourth-order valence-corrected chi connectivity index (χ4v) is 4.11. The van der Waals surface area contributed by atoms with Crippen molar-refractivity contribution >= 4 is 34.3 Å². The number of allylic oxidation sites excluding steroid dienone is 1. The fraction of sp³-hybridized carbons (Fsp3) is 0.182. The molecule has 8 nitrogen and oxygen atoms in total. The number of para-hydroxylation sites is 1. The van der Waals surface area contributed by atoms with Gasteiger partial charge >= 0.3 is 0 Å². The lowest BCUT2D eigenvalue weighted by atomic mass is 10.2. The summed E-state index contributed by atoms with van der Waals surface area (Å²) in [5.74, 6) is 3.52. The lowest BCUT2D eigenvalue weighted by Crippen LogP contribution is -2.32. The molecule has 0 unspecified atom stereocenters. The number of thioether (sulfide) groups is 1. The van der Waals surface area contributed by atoms with Gasteiger partial charge in [0.25, 0.3) is 5.56 Å². The van der Waals surface area contributed by atoms with Crippen molar-refractivity contribution < 1.29 is 9.21 Å². The van der Waals surface area contributed by atoms with Crippen LogP contribution in [-0.4, -0.2) is 42.3 Å². The van der Waals surface area contributed by atoms with Crippen molar-refractivity contribution in [2.75, 3.05) is 12.3 Å². The van der Waals surface area contributed by atoms with Crippen LogP contribution in [0.4, 0.5) is 0 Å².